The number of fused-ring (bicyclic) bond motifs is 2. The van der Waals surface area contributed by atoms with Gasteiger partial charge in [-0.3, -0.25) is 0 Å². The predicted molar refractivity (Wildman–Crippen MR) is 99.3 cm³/mol. The second-order valence-electron chi connectivity index (χ2n) is 9.52. The van der Waals surface area contributed by atoms with Crippen molar-refractivity contribution < 1.29 is 135 Å². The number of carbonyl (C=O) groups excluding carboxylic acids is 1. The normalized spacial score (nSPS) is 41.8. The first-order valence-electron chi connectivity index (χ1n) is 9.83. The van der Waals surface area contributed by atoms with Crippen molar-refractivity contribution in [1.29, 1.82) is 0 Å². The van der Waals surface area contributed by atoms with Crippen LogP contribution in [0.2, 0.25) is 0 Å². The van der Waals surface area contributed by atoms with Gasteiger partial charge in [0.05, 0.1) is 17.3 Å². The molecule has 0 aromatic rings. The fourth-order valence-corrected chi connectivity index (χ4v) is 6.66. The SMILES string of the molecule is C[C@@H]1CC[C@H]2[C@](C)(C[O-])[C@@H](O)CC[C@]2(C)[C@@]12CC[C@@](C[O-])(CC(=O)[O-])O2.O.O.O.[Na+].[Na+].[Na+]. The molecule has 1 aliphatic heterocycles. The Hall–Kier alpha value is 2.19. The summed E-state index contributed by atoms with van der Waals surface area (Å²) in [5, 5.41) is 45.8. The van der Waals surface area contributed by atoms with E-state index >= 15 is 0 Å². The molecule has 1 saturated heterocycles. The molecular weight excluding hydrogens is 453 g/mol. The summed E-state index contributed by atoms with van der Waals surface area (Å²) in [6, 6.07) is 0. The Morgan fingerprint density at radius 1 is 0.969 bits per heavy atom. The van der Waals surface area contributed by atoms with Crippen molar-refractivity contribution in [2.45, 2.75) is 83.0 Å². The maximum absolute atomic E-state index is 12.1. The Bertz CT molecular complexity index is 587. The van der Waals surface area contributed by atoms with E-state index in [0.29, 0.717) is 19.3 Å². The zero-order valence-corrected chi connectivity index (χ0v) is 26.6. The molecule has 3 rings (SSSR count). The van der Waals surface area contributed by atoms with Crippen molar-refractivity contribution in [1.82, 2.24) is 0 Å². The number of hydrogen-bond donors (Lipinski definition) is 1. The van der Waals surface area contributed by atoms with Gasteiger partial charge in [0.2, 0.25) is 0 Å². The summed E-state index contributed by atoms with van der Waals surface area (Å²) < 4.78 is 6.48. The van der Waals surface area contributed by atoms with E-state index < -0.39 is 35.3 Å². The number of carbonyl (C=O) groups is 1. The molecule has 3 aliphatic rings. The van der Waals surface area contributed by atoms with Crippen molar-refractivity contribution in [2.75, 3.05) is 13.2 Å². The van der Waals surface area contributed by atoms with E-state index in [2.05, 4.69) is 13.8 Å². The molecule has 0 radical (unpaired) electrons. The topological polar surface area (TPSA) is 210 Å². The molecule has 0 aromatic heterocycles. The quantitative estimate of drug-likeness (QED) is 0.378. The largest absolute Gasteiger partial charge is 1.00 e. The van der Waals surface area contributed by atoms with E-state index in [-0.39, 0.29) is 135 Å². The van der Waals surface area contributed by atoms with Gasteiger partial charge in [-0.15, -0.1) is 13.2 Å². The average molecular weight is 490 g/mol. The standard InChI is InChI=1S/C20H32O6.3Na.3H2O/c1-13-4-5-14-17(2,11-21)15(23)6-7-18(14,3)20(13)9-8-19(12-22,26-20)10-16(24)25;;;;;;/h13-15,23H,4-12H2,1-3H3,(H,24,25);;;;3*1H2/q-2;3*+1;;;/p-1/t13-,14+,15+,17+,18+,19+,20-;;;;;;/m1....../s1. The van der Waals surface area contributed by atoms with Crippen LogP contribution in [0.3, 0.4) is 0 Å². The van der Waals surface area contributed by atoms with Crippen molar-refractivity contribution in [3.8, 4) is 0 Å². The van der Waals surface area contributed by atoms with Gasteiger partial charge in [0.15, 0.2) is 0 Å². The minimum atomic E-state index is -1.26. The third kappa shape index (κ3) is 6.36. The summed E-state index contributed by atoms with van der Waals surface area (Å²) in [6.45, 7) is 5.18. The van der Waals surface area contributed by atoms with Crippen LogP contribution in [0.1, 0.15) is 65.7 Å². The van der Waals surface area contributed by atoms with Crippen molar-refractivity contribution >= 4 is 5.97 Å². The summed E-state index contributed by atoms with van der Waals surface area (Å²) in [5.41, 5.74) is -2.92. The first-order chi connectivity index (χ1) is 12.1. The van der Waals surface area contributed by atoms with E-state index in [4.69, 9.17) is 4.74 Å². The Morgan fingerprint density at radius 3 is 2.00 bits per heavy atom. The van der Waals surface area contributed by atoms with Gasteiger partial charge in [0.1, 0.15) is 0 Å². The molecular formula is C20H37Na3O9. The number of aliphatic hydroxyl groups is 1. The number of carboxylic acid groups (broad SMARTS) is 1. The van der Waals surface area contributed by atoms with E-state index in [1.54, 1.807) is 0 Å². The van der Waals surface area contributed by atoms with E-state index in [1.165, 1.54) is 0 Å². The first-order valence-corrected chi connectivity index (χ1v) is 9.83. The van der Waals surface area contributed by atoms with Gasteiger partial charge in [-0.1, -0.05) is 20.8 Å². The molecule has 9 nitrogen and oxygen atoms in total. The number of ether oxygens (including phenoxy) is 1. The summed E-state index contributed by atoms with van der Waals surface area (Å²) >= 11 is 0. The molecule has 1 heterocycles. The van der Waals surface area contributed by atoms with Crippen molar-refractivity contribution in [3.05, 3.63) is 0 Å². The summed E-state index contributed by atoms with van der Waals surface area (Å²) in [4.78, 5) is 11.2. The van der Waals surface area contributed by atoms with Crippen LogP contribution in [0.5, 0.6) is 0 Å². The van der Waals surface area contributed by atoms with Crippen LogP contribution in [0.15, 0.2) is 0 Å². The molecule has 3 fully saturated rings. The Kier molecular flexibility index (Phi) is 19.1. The number of rotatable bonds is 4. The molecule has 32 heavy (non-hydrogen) atoms. The van der Waals surface area contributed by atoms with Gasteiger partial charge in [-0.25, -0.2) is 0 Å². The Labute approximate surface area is 257 Å². The Morgan fingerprint density at radius 2 is 1.53 bits per heavy atom. The second-order valence-corrected chi connectivity index (χ2v) is 9.52. The number of carboxylic acids is 1. The predicted octanol–water partition coefficient (Wildman–Crippen LogP) is -12.1. The van der Waals surface area contributed by atoms with Gasteiger partial charge in [-0.05, 0) is 55.8 Å². The summed E-state index contributed by atoms with van der Waals surface area (Å²) in [5.74, 6) is -1.09. The maximum atomic E-state index is 12.1. The third-order valence-electron chi connectivity index (χ3n) is 8.31. The molecule has 7 N–H and O–H groups in total. The molecule has 0 bridgehead atoms. The minimum absolute atomic E-state index is 0. The molecule has 0 aromatic carbocycles. The van der Waals surface area contributed by atoms with Crippen LogP contribution in [0.4, 0.5) is 0 Å². The second kappa shape index (κ2) is 14.8. The molecule has 174 valence electrons. The molecule has 2 saturated carbocycles. The van der Waals surface area contributed by atoms with Crippen LogP contribution in [0.25, 0.3) is 0 Å². The monoisotopic (exact) mass is 490 g/mol. The smallest absolute Gasteiger partial charge is 0.854 e. The van der Waals surface area contributed by atoms with Crippen LogP contribution in [0, 0.1) is 22.7 Å². The van der Waals surface area contributed by atoms with Crippen LogP contribution >= 0.6 is 0 Å². The third-order valence-corrected chi connectivity index (χ3v) is 8.31. The number of aliphatic carboxylic acids is 1. The van der Waals surface area contributed by atoms with Crippen LogP contribution in [-0.4, -0.2) is 58.0 Å². The molecule has 0 amide bonds. The molecule has 1 spiro atoms. The van der Waals surface area contributed by atoms with E-state index in [9.17, 15) is 25.2 Å². The van der Waals surface area contributed by atoms with Crippen LogP contribution in [-0.2, 0) is 9.53 Å². The van der Waals surface area contributed by atoms with Gasteiger partial charge in [0, 0.05) is 17.8 Å². The van der Waals surface area contributed by atoms with Crippen molar-refractivity contribution in [3.63, 3.8) is 0 Å². The fraction of sp³-hybridized carbons (Fsp3) is 0.950. The Balaban J connectivity index is -0.000000653. The van der Waals surface area contributed by atoms with Gasteiger partial charge in [0.25, 0.3) is 0 Å². The number of aliphatic hydroxyl groups excluding tert-OH is 1. The average Bonchev–Trinajstić information content (AvgIpc) is 2.98. The first kappa shape index (κ1) is 41.3. The zero-order chi connectivity index (χ0) is 19.4. The molecule has 7 atom stereocenters. The maximum Gasteiger partial charge on any atom is 1.00 e. The van der Waals surface area contributed by atoms with Gasteiger partial charge >= 0.3 is 88.7 Å². The summed E-state index contributed by atoms with van der Waals surface area (Å²) in [7, 11) is 0. The van der Waals surface area contributed by atoms with E-state index in [0.717, 1.165) is 19.3 Å². The van der Waals surface area contributed by atoms with E-state index in [1.807, 2.05) is 6.92 Å². The molecule has 0 unspecified atom stereocenters. The fourth-order valence-electron chi connectivity index (χ4n) is 6.66. The zero-order valence-electron chi connectivity index (χ0n) is 20.6. The van der Waals surface area contributed by atoms with Gasteiger partial charge in [-0.2, -0.15) is 0 Å². The summed E-state index contributed by atoms with van der Waals surface area (Å²) in [6.07, 6.45) is 2.99. The number of hydrogen-bond acceptors (Lipinski definition) is 6. The molecule has 2 aliphatic carbocycles. The van der Waals surface area contributed by atoms with Crippen LogP contribution < -0.4 is 104 Å². The van der Waals surface area contributed by atoms with Gasteiger partial charge < -0.3 is 46.4 Å². The minimum Gasteiger partial charge on any atom is -0.854 e. The van der Waals surface area contributed by atoms with Crippen molar-refractivity contribution in [2.24, 2.45) is 22.7 Å². The molecule has 12 heteroatoms.